The summed E-state index contributed by atoms with van der Waals surface area (Å²) in [7, 11) is 0. The molecule has 0 unspecified atom stereocenters. The SMILES string of the molecule is c1ccc(-n2c3ccccc3c3c(-c4c5ccccc5c(-c5c6occc6cc6oc7ccccc7c56)c5ccccc45)cccc32)cc1. The van der Waals surface area contributed by atoms with Crippen LogP contribution in [0.25, 0.3) is 104 Å². The molecule has 0 bridgehead atoms. The van der Waals surface area contributed by atoms with Crippen molar-refractivity contribution in [3.8, 4) is 27.9 Å². The van der Waals surface area contributed by atoms with E-state index in [2.05, 4.69) is 144 Å². The van der Waals surface area contributed by atoms with Crippen LogP contribution in [-0.4, -0.2) is 4.57 Å². The van der Waals surface area contributed by atoms with Crippen molar-refractivity contribution < 1.29 is 8.83 Å². The maximum atomic E-state index is 6.49. The van der Waals surface area contributed by atoms with E-state index in [1.807, 2.05) is 18.2 Å². The molecule has 11 rings (SSSR count). The maximum Gasteiger partial charge on any atom is 0.142 e. The highest BCUT2D eigenvalue weighted by Gasteiger charge is 2.25. The van der Waals surface area contributed by atoms with E-state index in [0.29, 0.717) is 0 Å². The maximum absolute atomic E-state index is 6.49. The Morgan fingerprint density at radius 1 is 0.408 bits per heavy atom. The summed E-state index contributed by atoms with van der Waals surface area (Å²) in [5.41, 5.74) is 10.8. The summed E-state index contributed by atoms with van der Waals surface area (Å²) in [6, 6.07) is 56.4. The van der Waals surface area contributed by atoms with E-state index >= 15 is 0 Å². The lowest BCUT2D eigenvalue weighted by atomic mass is 9.83. The molecule has 0 aliphatic carbocycles. The van der Waals surface area contributed by atoms with Gasteiger partial charge in [-0.25, -0.2) is 0 Å². The standard InChI is InChI=1S/C46H27NO2/c1-2-13-29(14-3-1)47-37-22-10-8-19-34(37)42-36(21-12-23-38(42)47)41-30-15-4-6-17-32(30)43(33-18-7-5-16-31(33)41)45-44-35-20-9-11-24-39(35)49-40(44)27-28-25-26-48-46(28)45/h1-27H. The van der Waals surface area contributed by atoms with Crippen molar-refractivity contribution in [2.75, 3.05) is 0 Å². The van der Waals surface area contributed by atoms with Gasteiger partial charge in [-0.3, -0.25) is 0 Å². The predicted octanol–water partition coefficient (Wildman–Crippen LogP) is 13.1. The molecule has 0 atom stereocenters. The third kappa shape index (κ3) is 3.62. The number of hydrogen-bond donors (Lipinski definition) is 0. The van der Waals surface area contributed by atoms with Crippen molar-refractivity contribution in [1.29, 1.82) is 0 Å². The molecule has 3 nitrogen and oxygen atoms in total. The quantitative estimate of drug-likeness (QED) is 0.183. The third-order valence-corrected chi connectivity index (χ3v) is 10.2. The lowest BCUT2D eigenvalue weighted by Gasteiger charge is -2.19. The van der Waals surface area contributed by atoms with Crippen molar-refractivity contribution >= 4 is 76.3 Å². The first-order valence-electron chi connectivity index (χ1n) is 16.7. The molecule has 49 heavy (non-hydrogen) atoms. The van der Waals surface area contributed by atoms with Crippen LogP contribution in [0.1, 0.15) is 0 Å². The van der Waals surface area contributed by atoms with Crippen LogP contribution in [-0.2, 0) is 0 Å². The Kier molecular flexibility index (Phi) is 5.38. The van der Waals surface area contributed by atoms with Crippen LogP contribution in [0.15, 0.2) is 173 Å². The van der Waals surface area contributed by atoms with Gasteiger partial charge in [0.05, 0.1) is 17.3 Å². The van der Waals surface area contributed by atoms with Crippen molar-refractivity contribution in [2.45, 2.75) is 0 Å². The highest BCUT2D eigenvalue weighted by molar-refractivity contribution is 6.31. The zero-order valence-corrected chi connectivity index (χ0v) is 26.4. The van der Waals surface area contributed by atoms with Crippen molar-refractivity contribution in [2.24, 2.45) is 0 Å². The minimum atomic E-state index is 0.862. The molecule has 11 aromatic rings. The molecule has 3 heteroatoms. The van der Waals surface area contributed by atoms with Crippen LogP contribution in [0.3, 0.4) is 0 Å². The van der Waals surface area contributed by atoms with E-state index in [0.717, 1.165) is 49.7 Å². The monoisotopic (exact) mass is 625 g/mol. The molecule has 3 aromatic heterocycles. The Morgan fingerprint density at radius 3 is 1.78 bits per heavy atom. The summed E-state index contributed by atoms with van der Waals surface area (Å²) >= 11 is 0. The van der Waals surface area contributed by atoms with E-state index in [1.54, 1.807) is 6.26 Å². The van der Waals surface area contributed by atoms with Crippen molar-refractivity contribution in [3.63, 3.8) is 0 Å². The van der Waals surface area contributed by atoms with Gasteiger partial charge in [-0.05, 0) is 75.1 Å². The lowest BCUT2D eigenvalue weighted by Crippen LogP contribution is -1.94. The average molecular weight is 626 g/mol. The fourth-order valence-electron chi connectivity index (χ4n) is 8.32. The van der Waals surface area contributed by atoms with Crippen LogP contribution in [0.2, 0.25) is 0 Å². The molecule has 8 aromatic carbocycles. The number of aromatic nitrogens is 1. The second-order valence-corrected chi connectivity index (χ2v) is 12.8. The first-order valence-corrected chi connectivity index (χ1v) is 16.7. The van der Waals surface area contributed by atoms with Crippen molar-refractivity contribution in [3.05, 3.63) is 164 Å². The number of benzene rings is 8. The second kappa shape index (κ2) is 9.96. The van der Waals surface area contributed by atoms with Gasteiger partial charge in [0.1, 0.15) is 16.7 Å². The zero-order chi connectivity index (χ0) is 32.1. The summed E-state index contributed by atoms with van der Waals surface area (Å²) < 4.78 is 15.2. The molecule has 0 fully saturated rings. The summed E-state index contributed by atoms with van der Waals surface area (Å²) in [4.78, 5) is 0. The first kappa shape index (κ1) is 26.5. The number of furan rings is 2. The fraction of sp³-hybridized carbons (Fsp3) is 0. The second-order valence-electron chi connectivity index (χ2n) is 12.8. The lowest BCUT2D eigenvalue weighted by molar-refractivity contribution is 0.617. The normalized spacial score (nSPS) is 12.1. The van der Waals surface area contributed by atoms with Gasteiger partial charge in [0.25, 0.3) is 0 Å². The first-order chi connectivity index (χ1) is 24.3. The number of rotatable bonds is 3. The van der Waals surface area contributed by atoms with Crippen LogP contribution in [0.4, 0.5) is 0 Å². The van der Waals surface area contributed by atoms with Crippen molar-refractivity contribution in [1.82, 2.24) is 4.57 Å². The molecule has 0 amide bonds. The number of fused-ring (bicyclic) bond motifs is 9. The predicted molar refractivity (Wildman–Crippen MR) is 204 cm³/mol. The van der Waals surface area contributed by atoms with Gasteiger partial charge in [0.2, 0.25) is 0 Å². The number of hydrogen-bond acceptors (Lipinski definition) is 2. The molecule has 0 radical (unpaired) electrons. The van der Waals surface area contributed by atoms with Gasteiger partial charge in [-0.1, -0.05) is 115 Å². The molecule has 0 spiro atoms. The van der Waals surface area contributed by atoms with E-state index in [-0.39, 0.29) is 0 Å². The molecule has 3 heterocycles. The van der Waals surface area contributed by atoms with Gasteiger partial charge in [-0.2, -0.15) is 0 Å². The van der Waals surface area contributed by atoms with Crippen LogP contribution < -0.4 is 0 Å². The zero-order valence-electron chi connectivity index (χ0n) is 26.4. The minimum absolute atomic E-state index is 0.862. The highest BCUT2D eigenvalue weighted by atomic mass is 16.3. The Labute approximate surface area is 280 Å². The van der Waals surface area contributed by atoms with E-state index in [1.165, 1.54) is 54.5 Å². The third-order valence-electron chi connectivity index (χ3n) is 10.2. The molecular formula is C46H27NO2. The average Bonchev–Trinajstić information content (AvgIpc) is 3.87. The number of para-hydroxylation sites is 3. The molecule has 0 saturated heterocycles. The van der Waals surface area contributed by atoms with E-state index in [9.17, 15) is 0 Å². The van der Waals surface area contributed by atoms with Gasteiger partial charge in [0, 0.05) is 43.7 Å². The Hall–Kier alpha value is -6.58. The molecule has 0 saturated carbocycles. The Morgan fingerprint density at radius 2 is 1.02 bits per heavy atom. The van der Waals surface area contributed by atoms with Gasteiger partial charge >= 0.3 is 0 Å². The summed E-state index contributed by atoms with van der Waals surface area (Å²) in [5, 5.41) is 10.4. The molecule has 0 aliphatic heterocycles. The molecule has 228 valence electrons. The van der Waals surface area contributed by atoms with Crippen LogP contribution in [0, 0.1) is 0 Å². The number of nitrogens with zero attached hydrogens (tertiary/aromatic N) is 1. The Bertz CT molecular complexity index is 3050. The fourth-order valence-corrected chi connectivity index (χ4v) is 8.32. The topological polar surface area (TPSA) is 31.2 Å². The summed E-state index contributed by atoms with van der Waals surface area (Å²) in [6.07, 6.45) is 1.79. The minimum Gasteiger partial charge on any atom is -0.464 e. The van der Waals surface area contributed by atoms with Crippen LogP contribution in [0.5, 0.6) is 0 Å². The van der Waals surface area contributed by atoms with E-state index in [4.69, 9.17) is 8.83 Å². The smallest absolute Gasteiger partial charge is 0.142 e. The summed E-state index contributed by atoms with van der Waals surface area (Å²) in [5.74, 6) is 0. The van der Waals surface area contributed by atoms with Gasteiger partial charge in [0.15, 0.2) is 0 Å². The van der Waals surface area contributed by atoms with Crippen LogP contribution >= 0.6 is 0 Å². The van der Waals surface area contributed by atoms with Gasteiger partial charge in [-0.15, -0.1) is 0 Å². The Balaban J connectivity index is 1.33. The van der Waals surface area contributed by atoms with Gasteiger partial charge < -0.3 is 13.4 Å². The van der Waals surface area contributed by atoms with E-state index < -0.39 is 0 Å². The largest absolute Gasteiger partial charge is 0.464 e. The molecular weight excluding hydrogens is 599 g/mol. The molecule has 0 aliphatic rings. The molecule has 0 N–H and O–H groups in total. The highest BCUT2D eigenvalue weighted by Crippen LogP contribution is 2.51. The summed E-state index contributed by atoms with van der Waals surface area (Å²) in [6.45, 7) is 0.